The zero-order valence-electron chi connectivity index (χ0n) is 13.8. The SMILES string of the molecule is N#CCOc1ccc(-c2cncc(-c3ccc(OCC#N)cc3)n2)cc1. The zero-order valence-corrected chi connectivity index (χ0v) is 13.8. The highest BCUT2D eigenvalue weighted by Crippen LogP contribution is 2.24. The largest absolute Gasteiger partial charge is 0.479 e. The molecule has 3 aromatic rings. The first-order valence-electron chi connectivity index (χ1n) is 7.82. The van der Waals surface area contributed by atoms with E-state index in [4.69, 9.17) is 20.0 Å². The minimum atomic E-state index is 0.0166. The molecule has 6 nitrogen and oxygen atoms in total. The molecule has 0 aliphatic rings. The van der Waals surface area contributed by atoms with Crippen molar-refractivity contribution in [1.29, 1.82) is 10.5 Å². The molecule has 0 saturated carbocycles. The lowest BCUT2D eigenvalue weighted by Crippen LogP contribution is -1.94. The lowest BCUT2D eigenvalue weighted by atomic mass is 10.1. The van der Waals surface area contributed by atoms with Crippen LogP contribution < -0.4 is 9.47 Å². The molecule has 6 heteroatoms. The fourth-order valence-electron chi connectivity index (χ4n) is 2.32. The zero-order chi connectivity index (χ0) is 18.2. The van der Waals surface area contributed by atoms with E-state index in [2.05, 4.69) is 9.97 Å². The summed E-state index contributed by atoms with van der Waals surface area (Å²) in [4.78, 5) is 8.92. The van der Waals surface area contributed by atoms with Crippen LogP contribution in [0.5, 0.6) is 11.5 Å². The van der Waals surface area contributed by atoms with Gasteiger partial charge in [-0.05, 0) is 48.5 Å². The molecule has 126 valence electrons. The van der Waals surface area contributed by atoms with Crippen LogP contribution in [0.1, 0.15) is 0 Å². The average Bonchev–Trinajstić information content (AvgIpc) is 2.71. The summed E-state index contributed by atoms with van der Waals surface area (Å²) in [6.45, 7) is 0.0332. The summed E-state index contributed by atoms with van der Waals surface area (Å²) in [6.07, 6.45) is 3.39. The Balaban J connectivity index is 1.80. The summed E-state index contributed by atoms with van der Waals surface area (Å²) in [5, 5.41) is 17.1. The highest BCUT2D eigenvalue weighted by atomic mass is 16.5. The Morgan fingerprint density at radius 3 is 1.50 bits per heavy atom. The van der Waals surface area contributed by atoms with Gasteiger partial charge in [0.05, 0.1) is 23.8 Å². The van der Waals surface area contributed by atoms with Crippen molar-refractivity contribution in [2.45, 2.75) is 0 Å². The Hall–Kier alpha value is -3.90. The van der Waals surface area contributed by atoms with Gasteiger partial charge in [0.1, 0.15) is 23.6 Å². The maximum Gasteiger partial charge on any atom is 0.174 e. The maximum atomic E-state index is 8.54. The minimum Gasteiger partial charge on any atom is -0.479 e. The molecule has 26 heavy (non-hydrogen) atoms. The summed E-state index contributed by atoms with van der Waals surface area (Å²) in [7, 11) is 0. The van der Waals surface area contributed by atoms with Crippen molar-refractivity contribution in [2.75, 3.05) is 13.2 Å². The molecule has 1 aromatic heterocycles. The van der Waals surface area contributed by atoms with Crippen LogP contribution in [-0.4, -0.2) is 23.2 Å². The molecular formula is C20H14N4O2. The molecule has 0 N–H and O–H groups in total. The second kappa shape index (κ2) is 8.27. The first kappa shape index (κ1) is 16.9. The van der Waals surface area contributed by atoms with E-state index in [1.165, 1.54) is 0 Å². The number of benzene rings is 2. The Bertz CT molecular complexity index is 878. The number of hydrogen-bond acceptors (Lipinski definition) is 6. The molecule has 0 unspecified atom stereocenters. The molecule has 0 atom stereocenters. The van der Waals surface area contributed by atoms with E-state index >= 15 is 0 Å². The van der Waals surface area contributed by atoms with Crippen LogP contribution in [-0.2, 0) is 0 Å². The summed E-state index contributed by atoms with van der Waals surface area (Å²) in [5.41, 5.74) is 3.27. The van der Waals surface area contributed by atoms with Crippen LogP contribution in [0.15, 0.2) is 60.9 Å². The molecule has 3 rings (SSSR count). The third-order valence-electron chi connectivity index (χ3n) is 3.54. The Morgan fingerprint density at radius 2 is 1.12 bits per heavy atom. The second-order valence-corrected chi connectivity index (χ2v) is 5.23. The molecule has 0 aliphatic carbocycles. The average molecular weight is 342 g/mol. The van der Waals surface area contributed by atoms with Gasteiger partial charge in [0.25, 0.3) is 0 Å². The van der Waals surface area contributed by atoms with Crippen LogP contribution in [0.4, 0.5) is 0 Å². The molecule has 0 fully saturated rings. The highest BCUT2D eigenvalue weighted by Gasteiger charge is 2.05. The van der Waals surface area contributed by atoms with Crippen molar-refractivity contribution in [2.24, 2.45) is 0 Å². The normalized spacial score (nSPS) is 9.77. The van der Waals surface area contributed by atoms with E-state index in [9.17, 15) is 0 Å². The van der Waals surface area contributed by atoms with Gasteiger partial charge in [-0.25, -0.2) is 4.98 Å². The highest BCUT2D eigenvalue weighted by molar-refractivity contribution is 5.65. The van der Waals surface area contributed by atoms with Crippen molar-refractivity contribution in [3.63, 3.8) is 0 Å². The summed E-state index contributed by atoms with van der Waals surface area (Å²) >= 11 is 0. The number of aromatic nitrogens is 2. The van der Waals surface area contributed by atoms with Gasteiger partial charge in [0.15, 0.2) is 13.2 Å². The van der Waals surface area contributed by atoms with Gasteiger partial charge in [-0.2, -0.15) is 10.5 Å². The van der Waals surface area contributed by atoms with Gasteiger partial charge in [-0.15, -0.1) is 0 Å². The standard InChI is InChI=1S/C20H14N4O2/c21-9-11-25-17-5-1-15(2-6-17)19-13-23-14-20(24-19)16-3-7-18(8-4-16)26-12-10-22/h1-8,13-14H,11-12H2. The van der Waals surface area contributed by atoms with Crippen molar-refractivity contribution in [3.05, 3.63) is 60.9 Å². The van der Waals surface area contributed by atoms with E-state index in [0.717, 1.165) is 22.5 Å². The molecule has 0 spiro atoms. The summed E-state index contributed by atoms with van der Waals surface area (Å²) in [5.74, 6) is 1.26. The van der Waals surface area contributed by atoms with E-state index in [-0.39, 0.29) is 13.2 Å². The fraction of sp³-hybridized carbons (Fsp3) is 0.100. The number of nitriles is 2. The summed E-state index contributed by atoms with van der Waals surface area (Å²) in [6, 6.07) is 18.5. The third kappa shape index (κ3) is 4.14. The number of ether oxygens (including phenoxy) is 2. The number of rotatable bonds is 6. The van der Waals surface area contributed by atoms with Gasteiger partial charge in [-0.1, -0.05) is 0 Å². The van der Waals surface area contributed by atoms with Crippen LogP contribution >= 0.6 is 0 Å². The van der Waals surface area contributed by atoms with Crippen molar-refractivity contribution >= 4 is 0 Å². The Labute approximate surface area is 150 Å². The molecule has 0 radical (unpaired) electrons. The van der Waals surface area contributed by atoms with Gasteiger partial charge in [-0.3, -0.25) is 4.98 Å². The number of nitrogens with zero attached hydrogens (tertiary/aromatic N) is 4. The van der Waals surface area contributed by atoms with Crippen molar-refractivity contribution in [3.8, 4) is 46.2 Å². The molecule has 0 bridgehead atoms. The summed E-state index contributed by atoms with van der Waals surface area (Å²) < 4.78 is 10.5. The van der Waals surface area contributed by atoms with Crippen LogP contribution in [0, 0.1) is 22.7 Å². The van der Waals surface area contributed by atoms with Gasteiger partial charge < -0.3 is 9.47 Å². The molecule has 0 saturated heterocycles. The van der Waals surface area contributed by atoms with Crippen LogP contribution in [0.3, 0.4) is 0 Å². The van der Waals surface area contributed by atoms with Crippen LogP contribution in [0.25, 0.3) is 22.5 Å². The molecule has 1 heterocycles. The maximum absolute atomic E-state index is 8.54. The van der Waals surface area contributed by atoms with E-state index in [1.54, 1.807) is 36.7 Å². The first-order valence-corrected chi connectivity index (χ1v) is 7.82. The smallest absolute Gasteiger partial charge is 0.174 e. The monoisotopic (exact) mass is 342 g/mol. The fourth-order valence-corrected chi connectivity index (χ4v) is 2.32. The second-order valence-electron chi connectivity index (χ2n) is 5.23. The minimum absolute atomic E-state index is 0.0166. The van der Waals surface area contributed by atoms with Crippen LogP contribution in [0.2, 0.25) is 0 Å². The first-order chi connectivity index (χ1) is 12.8. The van der Waals surface area contributed by atoms with Crippen molar-refractivity contribution < 1.29 is 9.47 Å². The van der Waals surface area contributed by atoms with E-state index in [0.29, 0.717) is 11.5 Å². The predicted molar refractivity (Wildman–Crippen MR) is 95.1 cm³/mol. The van der Waals surface area contributed by atoms with E-state index in [1.807, 2.05) is 36.4 Å². The molecule has 2 aromatic carbocycles. The van der Waals surface area contributed by atoms with Gasteiger partial charge in [0.2, 0.25) is 0 Å². The lowest BCUT2D eigenvalue weighted by Gasteiger charge is -2.07. The lowest BCUT2D eigenvalue weighted by molar-refractivity contribution is 0.368. The Morgan fingerprint density at radius 1 is 0.692 bits per heavy atom. The number of hydrogen-bond donors (Lipinski definition) is 0. The van der Waals surface area contributed by atoms with Gasteiger partial charge in [0, 0.05) is 11.1 Å². The van der Waals surface area contributed by atoms with Gasteiger partial charge >= 0.3 is 0 Å². The quantitative estimate of drug-likeness (QED) is 0.679. The van der Waals surface area contributed by atoms with E-state index < -0.39 is 0 Å². The molecular weight excluding hydrogens is 328 g/mol. The third-order valence-corrected chi connectivity index (χ3v) is 3.54. The molecule has 0 amide bonds. The van der Waals surface area contributed by atoms with Crippen molar-refractivity contribution in [1.82, 2.24) is 9.97 Å². The molecule has 0 aliphatic heterocycles. The predicted octanol–water partition coefficient (Wildman–Crippen LogP) is 3.62. The Kier molecular flexibility index (Phi) is 5.39. The topological polar surface area (TPSA) is 91.8 Å².